The summed E-state index contributed by atoms with van der Waals surface area (Å²) in [7, 11) is 0. The van der Waals surface area contributed by atoms with E-state index in [0.29, 0.717) is 42.1 Å². The number of hydrazone groups is 1. The zero-order valence-corrected chi connectivity index (χ0v) is 17.2. The number of carbonyl (C=O) groups is 1. The second-order valence-electron chi connectivity index (χ2n) is 6.81. The van der Waals surface area contributed by atoms with Gasteiger partial charge in [0.2, 0.25) is 0 Å². The van der Waals surface area contributed by atoms with E-state index in [1.54, 1.807) is 24.2 Å². The van der Waals surface area contributed by atoms with Gasteiger partial charge in [0.05, 0.1) is 17.7 Å². The number of esters is 1. The molecule has 1 heterocycles. The molecule has 0 amide bonds. The van der Waals surface area contributed by atoms with Crippen LogP contribution in [0.5, 0.6) is 5.75 Å². The molecule has 168 valence electrons. The van der Waals surface area contributed by atoms with Gasteiger partial charge in [-0.2, -0.15) is 18.3 Å². The highest BCUT2D eigenvalue weighted by molar-refractivity contribution is 5.89. The van der Waals surface area contributed by atoms with E-state index < -0.39 is 23.5 Å². The van der Waals surface area contributed by atoms with E-state index in [2.05, 4.69) is 27.9 Å². The van der Waals surface area contributed by atoms with Gasteiger partial charge in [-0.1, -0.05) is 11.8 Å². The SMILES string of the molecule is CCOC(=O)c1ccc(C#Cc2ccc(O)cc2C(F)(F)F)c(CCCN2NC=NN2)c1. The highest BCUT2D eigenvalue weighted by Crippen LogP contribution is 2.33. The lowest BCUT2D eigenvalue weighted by Crippen LogP contribution is -2.39. The molecule has 32 heavy (non-hydrogen) atoms. The third kappa shape index (κ3) is 5.92. The molecule has 0 radical (unpaired) electrons. The largest absolute Gasteiger partial charge is 0.508 e. The summed E-state index contributed by atoms with van der Waals surface area (Å²) in [5, 5.41) is 14.9. The summed E-state index contributed by atoms with van der Waals surface area (Å²) in [4.78, 5) is 12.1. The molecule has 1 aliphatic rings. The number of nitrogens with zero attached hydrogens (tertiary/aromatic N) is 2. The van der Waals surface area contributed by atoms with Crippen molar-refractivity contribution >= 4 is 12.3 Å². The summed E-state index contributed by atoms with van der Waals surface area (Å²) < 4.78 is 44.9. The normalized spacial score (nSPS) is 13.1. The predicted molar refractivity (Wildman–Crippen MR) is 111 cm³/mol. The molecule has 0 aliphatic carbocycles. The first-order valence-corrected chi connectivity index (χ1v) is 9.81. The fourth-order valence-electron chi connectivity index (χ4n) is 3.04. The Morgan fingerprint density at radius 3 is 2.62 bits per heavy atom. The van der Waals surface area contributed by atoms with Crippen LogP contribution < -0.4 is 11.0 Å². The van der Waals surface area contributed by atoms with Gasteiger partial charge in [0.15, 0.2) is 0 Å². The zero-order chi connectivity index (χ0) is 23.1. The molecule has 2 aromatic carbocycles. The quantitative estimate of drug-likeness (QED) is 0.467. The van der Waals surface area contributed by atoms with Crippen molar-refractivity contribution in [1.82, 2.24) is 16.1 Å². The van der Waals surface area contributed by atoms with Crippen molar-refractivity contribution in [3.8, 4) is 17.6 Å². The van der Waals surface area contributed by atoms with Gasteiger partial charge in [-0.25, -0.2) is 10.3 Å². The molecule has 2 aromatic rings. The van der Waals surface area contributed by atoms with Crippen molar-refractivity contribution in [1.29, 1.82) is 0 Å². The zero-order valence-electron chi connectivity index (χ0n) is 17.2. The van der Waals surface area contributed by atoms with Gasteiger partial charge in [0, 0.05) is 17.7 Å². The summed E-state index contributed by atoms with van der Waals surface area (Å²) in [6.45, 7) is 2.50. The molecule has 10 heteroatoms. The third-order valence-corrected chi connectivity index (χ3v) is 4.54. The van der Waals surface area contributed by atoms with Gasteiger partial charge in [0.25, 0.3) is 0 Å². The molecule has 7 nitrogen and oxygen atoms in total. The molecule has 0 unspecified atom stereocenters. The Kier molecular flexibility index (Phi) is 7.22. The molecule has 0 atom stereocenters. The lowest BCUT2D eigenvalue weighted by atomic mass is 9.99. The lowest BCUT2D eigenvalue weighted by Gasteiger charge is -2.14. The first kappa shape index (κ1) is 23.0. The van der Waals surface area contributed by atoms with Crippen LogP contribution in [0.3, 0.4) is 0 Å². The average molecular weight is 446 g/mol. The van der Waals surface area contributed by atoms with Gasteiger partial charge in [-0.15, -0.1) is 5.12 Å². The van der Waals surface area contributed by atoms with Gasteiger partial charge in [-0.05, 0) is 61.7 Å². The van der Waals surface area contributed by atoms with Crippen molar-refractivity contribution in [2.24, 2.45) is 5.10 Å². The Morgan fingerprint density at radius 1 is 1.19 bits per heavy atom. The molecule has 1 aliphatic heterocycles. The molecule has 0 spiro atoms. The number of carbonyl (C=O) groups excluding carboxylic acids is 1. The number of halogens is 3. The van der Waals surface area contributed by atoms with Gasteiger partial charge in [-0.3, -0.25) is 5.43 Å². The van der Waals surface area contributed by atoms with Crippen molar-refractivity contribution < 1.29 is 27.8 Å². The first-order chi connectivity index (χ1) is 15.3. The van der Waals surface area contributed by atoms with Crippen LogP contribution in [0.2, 0.25) is 0 Å². The minimum Gasteiger partial charge on any atom is -0.508 e. The lowest BCUT2D eigenvalue weighted by molar-refractivity contribution is -0.137. The number of benzene rings is 2. The fourth-order valence-corrected chi connectivity index (χ4v) is 3.04. The first-order valence-electron chi connectivity index (χ1n) is 9.81. The number of phenolic OH excluding ortho intramolecular Hbond substituents is 1. The van der Waals surface area contributed by atoms with Crippen molar-refractivity contribution in [2.45, 2.75) is 25.9 Å². The van der Waals surface area contributed by atoms with Crippen LogP contribution in [-0.4, -0.2) is 35.7 Å². The second-order valence-corrected chi connectivity index (χ2v) is 6.81. The van der Waals surface area contributed by atoms with Crippen LogP contribution in [0, 0.1) is 11.8 Å². The van der Waals surface area contributed by atoms with Crippen molar-refractivity contribution in [3.05, 3.63) is 64.2 Å². The smallest absolute Gasteiger partial charge is 0.417 e. The molecule has 0 fully saturated rings. The number of aryl methyl sites for hydroxylation is 1. The Bertz CT molecular complexity index is 1070. The van der Waals surface area contributed by atoms with E-state index in [1.807, 2.05) is 0 Å². The number of alkyl halides is 3. The maximum Gasteiger partial charge on any atom is 0.417 e. The maximum absolute atomic E-state index is 13.3. The van der Waals surface area contributed by atoms with E-state index >= 15 is 0 Å². The van der Waals surface area contributed by atoms with Crippen LogP contribution in [0.4, 0.5) is 13.2 Å². The van der Waals surface area contributed by atoms with Crippen molar-refractivity contribution in [2.75, 3.05) is 13.2 Å². The van der Waals surface area contributed by atoms with Crippen molar-refractivity contribution in [3.63, 3.8) is 0 Å². The monoisotopic (exact) mass is 446 g/mol. The fraction of sp³-hybridized carbons (Fsp3) is 0.273. The molecule has 0 bridgehead atoms. The molecular formula is C22H21F3N4O3. The number of ether oxygens (including phenoxy) is 1. The minimum absolute atomic E-state index is 0.225. The third-order valence-electron chi connectivity index (χ3n) is 4.54. The molecule has 3 N–H and O–H groups in total. The Hall–Kier alpha value is -3.71. The molecule has 0 aromatic heterocycles. The van der Waals surface area contributed by atoms with Gasteiger partial charge < -0.3 is 9.84 Å². The van der Waals surface area contributed by atoms with E-state index in [9.17, 15) is 23.1 Å². The number of hydrazine groups is 2. The number of hydrogen-bond acceptors (Lipinski definition) is 7. The van der Waals surface area contributed by atoms with Crippen LogP contribution in [0.1, 0.15) is 46.0 Å². The number of hydrogen-bond donors (Lipinski definition) is 3. The van der Waals surface area contributed by atoms with Gasteiger partial charge >= 0.3 is 12.1 Å². The van der Waals surface area contributed by atoms with Gasteiger partial charge in [0.1, 0.15) is 12.1 Å². The topological polar surface area (TPSA) is 86.2 Å². The molecule has 0 saturated carbocycles. The molecule has 0 saturated heterocycles. The molecule has 3 rings (SSSR count). The average Bonchev–Trinajstić information content (AvgIpc) is 3.26. The number of phenols is 1. The molecular weight excluding hydrogens is 425 g/mol. The second kappa shape index (κ2) is 10.1. The number of aromatic hydroxyl groups is 1. The maximum atomic E-state index is 13.3. The Morgan fingerprint density at radius 2 is 1.94 bits per heavy atom. The summed E-state index contributed by atoms with van der Waals surface area (Å²) in [6, 6.07) is 7.70. The summed E-state index contributed by atoms with van der Waals surface area (Å²) in [5.41, 5.74) is 5.89. The standard InChI is InChI=1S/C22H21F3N4O3/c1-2-32-21(31)18-8-6-15(17(12-18)4-3-11-29-27-14-26-28-29)5-7-16-9-10-19(30)13-20(16)22(23,24)25/h6,8-10,12-14,28,30H,2-4,11H2,1H3,(H,26,27). The number of rotatable bonds is 6. The van der Waals surface area contributed by atoms with E-state index in [4.69, 9.17) is 4.74 Å². The summed E-state index contributed by atoms with van der Waals surface area (Å²) >= 11 is 0. The summed E-state index contributed by atoms with van der Waals surface area (Å²) in [6.07, 6.45) is -2.00. The van der Waals surface area contributed by atoms with Crippen LogP contribution >= 0.6 is 0 Å². The highest BCUT2D eigenvalue weighted by Gasteiger charge is 2.33. The number of nitrogens with one attached hydrogen (secondary N) is 2. The van der Waals surface area contributed by atoms with E-state index in [1.165, 1.54) is 12.4 Å². The highest BCUT2D eigenvalue weighted by atomic mass is 19.4. The van der Waals surface area contributed by atoms with E-state index in [0.717, 1.165) is 12.1 Å². The predicted octanol–water partition coefficient (Wildman–Crippen LogP) is 3.19. The Balaban J connectivity index is 1.89. The van der Waals surface area contributed by atoms with Crippen LogP contribution in [-0.2, 0) is 17.3 Å². The Labute approximate surface area is 182 Å². The minimum atomic E-state index is -4.66. The van der Waals surface area contributed by atoms with Crippen LogP contribution in [0.15, 0.2) is 41.5 Å². The summed E-state index contributed by atoms with van der Waals surface area (Å²) in [5.74, 6) is 4.37. The van der Waals surface area contributed by atoms with E-state index in [-0.39, 0.29) is 12.2 Å². The van der Waals surface area contributed by atoms with Crippen LogP contribution in [0.25, 0.3) is 0 Å².